The minimum atomic E-state index is -0.163. The van der Waals surface area contributed by atoms with E-state index in [2.05, 4.69) is 10.4 Å². The maximum Gasteiger partial charge on any atom is 0.229 e. The van der Waals surface area contributed by atoms with Crippen molar-refractivity contribution < 1.29 is 9.90 Å². The van der Waals surface area contributed by atoms with Gasteiger partial charge in [-0.3, -0.25) is 9.48 Å². The SMILES string of the molecule is CCc1nn(C)cc1NC(=O)Cc1ccccc1O. The van der Waals surface area contributed by atoms with E-state index in [-0.39, 0.29) is 18.1 Å². The zero-order chi connectivity index (χ0) is 13.8. The Morgan fingerprint density at radius 3 is 2.84 bits per heavy atom. The Morgan fingerprint density at radius 1 is 1.42 bits per heavy atom. The molecule has 5 heteroatoms. The van der Waals surface area contributed by atoms with Gasteiger partial charge < -0.3 is 10.4 Å². The van der Waals surface area contributed by atoms with Gasteiger partial charge in [0.05, 0.1) is 17.8 Å². The lowest BCUT2D eigenvalue weighted by Gasteiger charge is -2.05. The van der Waals surface area contributed by atoms with Crippen molar-refractivity contribution in [2.24, 2.45) is 7.05 Å². The minimum Gasteiger partial charge on any atom is -0.508 e. The molecule has 19 heavy (non-hydrogen) atoms. The number of phenols is 1. The summed E-state index contributed by atoms with van der Waals surface area (Å²) in [5.74, 6) is -0.0243. The van der Waals surface area contributed by atoms with E-state index in [4.69, 9.17) is 0 Å². The third-order valence-corrected chi connectivity index (χ3v) is 2.86. The molecule has 0 aliphatic heterocycles. The molecular formula is C14H17N3O2. The normalized spacial score (nSPS) is 10.4. The highest BCUT2D eigenvalue weighted by Crippen LogP contribution is 2.18. The number of aryl methyl sites for hydroxylation is 2. The molecule has 5 nitrogen and oxygen atoms in total. The van der Waals surface area contributed by atoms with Gasteiger partial charge in [0, 0.05) is 18.8 Å². The number of carbonyl (C=O) groups is 1. The first kappa shape index (κ1) is 13.1. The second-order valence-electron chi connectivity index (χ2n) is 4.37. The van der Waals surface area contributed by atoms with Gasteiger partial charge in [0.1, 0.15) is 5.75 Å². The van der Waals surface area contributed by atoms with E-state index in [0.717, 1.165) is 17.8 Å². The number of aromatic nitrogens is 2. The summed E-state index contributed by atoms with van der Waals surface area (Å²) in [7, 11) is 1.82. The highest BCUT2D eigenvalue weighted by atomic mass is 16.3. The standard InChI is InChI=1S/C14H17N3O2/c1-3-11-12(9-17(2)16-11)15-14(19)8-10-6-4-5-7-13(10)18/h4-7,9,18H,3,8H2,1-2H3,(H,15,19). The van der Waals surface area contributed by atoms with Gasteiger partial charge in [0.2, 0.25) is 5.91 Å². The fraction of sp³-hybridized carbons (Fsp3) is 0.286. The van der Waals surface area contributed by atoms with Crippen LogP contribution in [-0.4, -0.2) is 20.8 Å². The maximum atomic E-state index is 12.0. The molecule has 0 atom stereocenters. The zero-order valence-corrected chi connectivity index (χ0v) is 11.1. The second-order valence-corrected chi connectivity index (χ2v) is 4.37. The fourth-order valence-electron chi connectivity index (χ4n) is 1.93. The molecule has 0 spiro atoms. The van der Waals surface area contributed by atoms with Gasteiger partial charge in [-0.2, -0.15) is 5.10 Å². The topological polar surface area (TPSA) is 67.2 Å². The quantitative estimate of drug-likeness (QED) is 0.880. The first-order valence-electron chi connectivity index (χ1n) is 6.19. The predicted molar refractivity (Wildman–Crippen MR) is 73.0 cm³/mol. The second kappa shape index (κ2) is 5.56. The van der Waals surface area contributed by atoms with Crippen molar-refractivity contribution in [2.75, 3.05) is 5.32 Å². The molecule has 1 amide bonds. The van der Waals surface area contributed by atoms with Gasteiger partial charge in [0.25, 0.3) is 0 Å². The zero-order valence-electron chi connectivity index (χ0n) is 11.1. The predicted octanol–water partition coefficient (Wildman–Crippen LogP) is 1.87. The Kier molecular flexibility index (Phi) is 3.85. The molecular weight excluding hydrogens is 242 g/mol. The van der Waals surface area contributed by atoms with E-state index in [1.165, 1.54) is 0 Å². The Morgan fingerprint density at radius 2 is 2.16 bits per heavy atom. The molecule has 100 valence electrons. The van der Waals surface area contributed by atoms with E-state index in [1.807, 2.05) is 14.0 Å². The van der Waals surface area contributed by atoms with Crippen LogP contribution in [0.15, 0.2) is 30.5 Å². The summed E-state index contributed by atoms with van der Waals surface area (Å²) in [5, 5.41) is 16.7. The molecule has 1 aromatic heterocycles. The Bertz CT molecular complexity index is 590. The van der Waals surface area contributed by atoms with Crippen molar-refractivity contribution in [1.82, 2.24) is 9.78 Å². The number of benzene rings is 1. The molecule has 0 aliphatic rings. The average Bonchev–Trinajstić information content (AvgIpc) is 2.72. The average molecular weight is 259 g/mol. The molecule has 0 radical (unpaired) electrons. The molecule has 1 aromatic carbocycles. The van der Waals surface area contributed by atoms with E-state index >= 15 is 0 Å². The lowest BCUT2D eigenvalue weighted by molar-refractivity contribution is -0.115. The Hall–Kier alpha value is -2.30. The number of amides is 1. The lowest BCUT2D eigenvalue weighted by Crippen LogP contribution is -2.15. The van der Waals surface area contributed by atoms with Crippen molar-refractivity contribution in [1.29, 1.82) is 0 Å². The van der Waals surface area contributed by atoms with Crippen LogP contribution in [0.5, 0.6) is 5.75 Å². The van der Waals surface area contributed by atoms with Gasteiger partial charge in [-0.15, -0.1) is 0 Å². The largest absolute Gasteiger partial charge is 0.508 e. The molecule has 0 saturated carbocycles. The summed E-state index contributed by atoms with van der Waals surface area (Å²) in [4.78, 5) is 12.0. The highest BCUT2D eigenvalue weighted by molar-refractivity contribution is 5.93. The molecule has 0 unspecified atom stereocenters. The van der Waals surface area contributed by atoms with Crippen molar-refractivity contribution in [2.45, 2.75) is 19.8 Å². The van der Waals surface area contributed by atoms with Gasteiger partial charge in [-0.1, -0.05) is 25.1 Å². The van der Waals surface area contributed by atoms with E-state index in [1.54, 1.807) is 35.1 Å². The number of hydrogen-bond donors (Lipinski definition) is 2. The summed E-state index contributed by atoms with van der Waals surface area (Å²) >= 11 is 0. The molecule has 2 aromatic rings. The van der Waals surface area contributed by atoms with Crippen LogP contribution < -0.4 is 5.32 Å². The van der Waals surface area contributed by atoms with Crippen LogP contribution in [0.3, 0.4) is 0 Å². The number of anilines is 1. The number of nitrogens with zero attached hydrogens (tertiary/aromatic N) is 2. The fourth-order valence-corrected chi connectivity index (χ4v) is 1.93. The van der Waals surface area contributed by atoms with Crippen LogP contribution in [0.2, 0.25) is 0 Å². The molecule has 0 bridgehead atoms. The van der Waals surface area contributed by atoms with E-state index in [0.29, 0.717) is 5.56 Å². The summed E-state index contributed by atoms with van der Waals surface area (Å²) in [6.07, 6.45) is 2.68. The van der Waals surface area contributed by atoms with E-state index < -0.39 is 0 Å². The van der Waals surface area contributed by atoms with Crippen molar-refractivity contribution >= 4 is 11.6 Å². The molecule has 0 saturated heterocycles. The Labute approximate surface area is 111 Å². The van der Waals surface area contributed by atoms with Crippen molar-refractivity contribution in [3.8, 4) is 5.75 Å². The number of para-hydroxylation sites is 1. The van der Waals surface area contributed by atoms with Gasteiger partial charge in [-0.25, -0.2) is 0 Å². The first-order valence-corrected chi connectivity index (χ1v) is 6.19. The van der Waals surface area contributed by atoms with Crippen LogP contribution in [0.25, 0.3) is 0 Å². The monoisotopic (exact) mass is 259 g/mol. The minimum absolute atomic E-state index is 0.138. The van der Waals surface area contributed by atoms with Crippen molar-refractivity contribution in [3.63, 3.8) is 0 Å². The van der Waals surface area contributed by atoms with Crippen LogP contribution in [0.1, 0.15) is 18.2 Å². The van der Waals surface area contributed by atoms with Gasteiger partial charge >= 0.3 is 0 Å². The first-order chi connectivity index (χ1) is 9.10. The number of nitrogens with one attached hydrogen (secondary N) is 1. The number of carbonyl (C=O) groups excluding carboxylic acids is 1. The highest BCUT2D eigenvalue weighted by Gasteiger charge is 2.11. The molecule has 2 N–H and O–H groups in total. The third kappa shape index (κ3) is 3.13. The summed E-state index contributed by atoms with van der Waals surface area (Å²) in [6.45, 7) is 1.99. The number of rotatable bonds is 4. The summed E-state index contributed by atoms with van der Waals surface area (Å²) < 4.78 is 1.68. The summed E-state index contributed by atoms with van der Waals surface area (Å²) in [5.41, 5.74) is 2.19. The van der Waals surface area contributed by atoms with Crippen LogP contribution in [-0.2, 0) is 24.7 Å². The van der Waals surface area contributed by atoms with Crippen molar-refractivity contribution in [3.05, 3.63) is 41.7 Å². The third-order valence-electron chi connectivity index (χ3n) is 2.86. The molecule has 0 aliphatic carbocycles. The maximum absolute atomic E-state index is 12.0. The van der Waals surface area contributed by atoms with E-state index in [9.17, 15) is 9.90 Å². The smallest absolute Gasteiger partial charge is 0.229 e. The van der Waals surface area contributed by atoms with Gasteiger partial charge in [0.15, 0.2) is 0 Å². The molecule has 0 fully saturated rings. The number of aromatic hydroxyl groups is 1. The lowest BCUT2D eigenvalue weighted by atomic mass is 10.1. The van der Waals surface area contributed by atoms with Crippen LogP contribution in [0, 0.1) is 0 Å². The Balaban J connectivity index is 2.07. The van der Waals surface area contributed by atoms with Crippen LogP contribution >= 0.6 is 0 Å². The summed E-state index contributed by atoms with van der Waals surface area (Å²) in [6, 6.07) is 6.83. The van der Waals surface area contributed by atoms with Gasteiger partial charge in [-0.05, 0) is 12.5 Å². The van der Waals surface area contributed by atoms with Crippen LogP contribution in [0.4, 0.5) is 5.69 Å². The molecule has 2 rings (SSSR count). The molecule has 1 heterocycles. The number of phenolic OH excluding ortho intramolecular Hbond substituents is 1. The number of hydrogen-bond acceptors (Lipinski definition) is 3.